The van der Waals surface area contributed by atoms with Crippen LogP contribution in [0.25, 0.3) is 10.8 Å². The minimum atomic E-state index is -1.76. The third-order valence-corrected chi connectivity index (χ3v) is 22.4. The van der Waals surface area contributed by atoms with Gasteiger partial charge in [-0.2, -0.15) is 0 Å². The molecule has 1 saturated heterocycles. The first-order chi connectivity index (χ1) is 62.4. The number of hydrogen-bond acceptors (Lipinski definition) is 22. The van der Waals surface area contributed by atoms with Crippen molar-refractivity contribution in [1.29, 1.82) is 0 Å². The van der Waals surface area contributed by atoms with Crippen molar-refractivity contribution in [3.8, 4) is 0 Å². The lowest BCUT2D eigenvalue weighted by molar-refractivity contribution is -0.137. The molecular weight excluding hydrogens is 1680 g/mol. The van der Waals surface area contributed by atoms with Crippen molar-refractivity contribution in [3.63, 3.8) is 0 Å². The number of hydrogen-bond donors (Lipinski definition) is 20. The quantitative estimate of drug-likeness (QED) is 0.0211. The Morgan fingerprint density at radius 3 is 1.31 bits per heavy atom. The molecule has 6 aromatic carbocycles. The first-order valence-electron chi connectivity index (χ1n) is 44.5. The number of likely N-dealkylation sites (tertiary alicyclic amines) is 1. The predicted molar refractivity (Wildman–Crippen MR) is 491 cm³/mol. The Balaban J connectivity index is 0.939. The lowest BCUT2D eigenvalue weighted by atomic mass is 9.96. The zero-order valence-electron chi connectivity index (χ0n) is 75.7. The summed E-state index contributed by atoms with van der Waals surface area (Å²) < 4.78 is 0. The highest BCUT2D eigenvalue weighted by atomic mass is 16.3. The molecule has 0 saturated carbocycles. The predicted octanol–water partition coefficient (Wildman–Crippen LogP) is -0.634. The monoisotopic (exact) mass is 1810 g/mol. The van der Waals surface area contributed by atoms with E-state index in [0.717, 1.165) is 21.9 Å². The summed E-state index contributed by atoms with van der Waals surface area (Å²) in [7, 11) is 0. The number of primary amides is 4. The Labute approximate surface area is 763 Å². The zero-order valence-corrected chi connectivity index (χ0v) is 75.7. The molecule has 0 unspecified atom stereocenters. The van der Waals surface area contributed by atoms with E-state index in [9.17, 15) is 87.2 Å². The molecule has 37 heteroatoms. The van der Waals surface area contributed by atoms with Gasteiger partial charge in [0.25, 0.3) is 11.8 Å². The van der Waals surface area contributed by atoms with Crippen LogP contribution in [0, 0.1) is 17.8 Å². The number of nitrogens with one attached hydrogen (secondary N) is 13. The molecule has 7 rings (SSSR count). The molecule has 1 heterocycles. The fourth-order valence-electron chi connectivity index (χ4n) is 15.0. The van der Waals surface area contributed by atoms with E-state index < -0.39 is 186 Å². The van der Waals surface area contributed by atoms with Crippen LogP contribution in [0.5, 0.6) is 0 Å². The number of carbonyl (C=O) groups is 15. The summed E-state index contributed by atoms with van der Waals surface area (Å²) in [5.74, 6) is -14.0. The Hall–Kier alpha value is -12.7. The van der Waals surface area contributed by atoms with Crippen LogP contribution in [0.1, 0.15) is 155 Å². The summed E-state index contributed by atoms with van der Waals surface area (Å²) in [6.45, 7) is 16.9. The molecule has 15 amide bonds. The number of carbonyl (C=O) groups excluding carboxylic acids is 15. The SMILES string of the molecule is CC[C@H](C)[C@H](NC(=O)[C@H](CCC(N)=O)NC(=O)[C@@H]1CCCN1C(=O)c1cccc(CNCCN(CCNCc2cccc(C(=O)N[C@@H](CO)C(=O)N[C@H](C(=O)N[C@@H](CC(C)C)C(=O)N[C@@H](CC(N)=O)C(=O)N[C@@H](Cc3ccccc3)C(N)=O)[C@@H](C)O)c2)CCNCc2ccc3ccccc3c2)c1)C(=O)N[C@H](C(=O)N[C@@H](CC(C)C)C(=O)N[C@@H](Cc1ccccc1)C(N)=O)[C@@H](C)O. The maximum Gasteiger partial charge on any atom is 0.254 e. The van der Waals surface area contributed by atoms with E-state index in [2.05, 4.69) is 104 Å². The molecule has 37 nitrogen and oxygen atoms in total. The summed E-state index contributed by atoms with van der Waals surface area (Å²) in [5.41, 5.74) is 26.7. The minimum absolute atomic E-state index is 0.0157. The summed E-state index contributed by atoms with van der Waals surface area (Å²) in [6, 6.07) is 29.7. The lowest BCUT2D eigenvalue weighted by Crippen LogP contribution is -2.62. The van der Waals surface area contributed by atoms with Gasteiger partial charge in [0.15, 0.2) is 0 Å². The van der Waals surface area contributed by atoms with E-state index in [1.54, 1.807) is 139 Å². The van der Waals surface area contributed by atoms with Crippen molar-refractivity contribution in [2.75, 3.05) is 52.4 Å². The number of aliphatic hydroxyl groups is 3. The zero-order chi connectivity index (χ0) is 96.0. The first-order valence-corrected chi connectivity index (χ1v) is 44.5. The van der Waals surface area contributed by atoms with Crippen LogP contribution in [0.4, 0.5) is 0 Å². The minimum Gasteiger partial charge on any atom is -0.394 e. The molecule has 1 aliphatic rings. The van der Waals surface area contributed by atoms with Crippen LogP contribution in [0.2, 0.25) is 0 Å². The van der Waals surface area contributed by atoms with Crippen molar-refractivity contribution in [2.45, 2.75) is 218 Å². The molecule has 1 aliphatic heterocycles. The second-order valence-corrected chi connectivity index (χ2v) is 34.1. The summed E-state index contributed by atoms with van der Waals surface area (Å²) in [4.78, 5) is 208. The molecule has 710 valence electrons. The highest BCUT2D eigenvalue weighted by molar-refractivity contribution is 6.02. The molecule has 6 aromatic rings. The van der Waals surface area contributed by atoms with E-state index in [-0.39, 0.29) is 68.9 Å². The van der Waals surface area contributed by atoms with E-state index in [1.165, 1.54) is 24.8 Å². The maximum atomic E-state index is 14.5. The first kappa shape index (κ1) is 105. The fourth-order valence-corrected chi connectivity index (χ4v) is 15.0. The average molecular weight is 1820 g/mol. The van der Waals surface area contributed by atoms with Gasteiger partial charge in [0.05, 0.1) is 25.2 Å². The topological polar surface area (TPSA) is 584 Å². The molecule has 14 atom stereocenters. The second-order valence-electron chi connectivity index (χ2n) is 34.1. The van der Waals surface area contributed by atoms with Gasteiger partial charge >= 0.3 is 0 Å². The van der Waals surface area contributed by atoms with E-state index >= 15 is 0 Å². The van der Waals surface area contributed by atoms with Gasteiger partial charge in [-0.25, -0.2) is 0 Å². The second kappa shape index (κ2) is 53.5. The van der Waals surface area contributed by atoms with E-state index in [1.807, 2.05) is 18.2 Å². The Bertz CT molecular complexity index is 4850. The maximum absolute atomic E-state index is 14.5. The number of nitrogens with zero attached hydrogens (tertiary/aromatic N) is 2. The van der Waals surface area contributed by atoms with Crippen molar-refractivity contribution in [3.05, 3.63) is 191 Å². The summed E-state index contributed by atoms with van der Waals surface area (Å²) >= 11 is 0. The Morgan fingerprint density at radius 2 is 0.840 bits per heavy atom. The fraction of sp³-hybridized carbons (Fsp3) is 0.479. The summed E-state index contributed by atoms with van der Waals surface area (Å²) in [6.07, 6.45) is -3.45. The van der Waals surface area contributed by atoms with Crippen LogP contribution in [-0.4, -0.2) is 245 Å². The normalized spacial score (nSPS) is 15.5. The van der Waals surface area contributed by atoms with Crippen LogP contribution in [0.15, 0.2) is 152 Å². The van der Waals surface area contributed by atoms with Gasteiger partial charge in [0.2, 0.25) is 76.8 Å². The number of amides is 15. The van der Waals surface area contributed by atoms with Gasteiger partial charge in [-0.05, 0) is 133 Å². The number of rotatable bonds is 56. The molecule has 0 spiro atoms. The smallest absolute Gasteiger partial charge is 0.254 e. The molecular formula is C94H131N19O18. The molecule has 1 fully saturated rings. The van der Waals surface area contributed by atoms with Gasteiger partial charge in [-0.15, -0.1) is 0 Å². The van der Waals surface area contributed by atoms with Crippen LogP contribution >= 0.6 is 0 Å². The molecule has 0 radical (unpaired) electrons. The van der Waals surface area contributed by atoms with E-state index in [4.69, 9.17) is 22.9 Å². The molecule has 24 N–H and O–H groups in total. The third-order valence-electron chi connectivity index (χ3n) is 22.4. The van der Waals surface area contributed by atoms with Gasteiger partial charge in [0, 0.05) is 95.8 Å². The molecule has 0 aliphatic carbocycles. The van der Waals surface area contributed by atoms with Gasteiger partial charge in [-0.1, -0.05) is 169 Å². The number of fused-ring (bicyclic) bond motifs is 1. The average Bonchev–Trinajstić information content (AvgIpc) is 1.79. The van der Waals surface area contributed by atoms with Crippen molar-refractivity contribution in [2.24, 2.45) is 40.7 Å². The van der Waals surface area contributed by atoms with Crippen molar-refractivity contribution >= 4 is 99.4 Å². The summed E-state index contributed by atoms with van der Waals surface area (Å²) in [5, 5.41) is 70.5. The van der Waals surface area contributed by atoms with Crippen LogP contribution < -0.4 is 92.1 Å². The largest absolute Gasteiger partial charge is 0.394 e. The molecule has 0 bridgehead atoms. The highest BCUT2D eigenvalue weighted by Crippen LogP contribution is 2.24. The standard InChI is InChI=1S/C94H131N19O18/c1-9-57(6)79(91(128)111-81(59(8)116)93(130)106-72(43-55(2)3)86(123)103-70(82(97)119)48-60-21-12-10-13-22-60)109-85(122)69(34-35-77(95)117)102-90(127)76-31-20-39-113(76)94(131)68-30-19-26-63(47-68)52-100-37-41-112(42-38-101-53-64-32-33-65-27-16-17-28-66(65)45-64)40-36-99-51-62-25-18-29-67(46-62)84(121)108-75(54-114)89(126)110-80(58(7)115)92(129)107-73(44-56(4)5)87(124)105-74(50-78(96)118)88(125)104-71(83(98)120)49-61-23-14-11-15-24-61/h10-19,21-30,32-33,45-47,55-59,69-76,79-81,99-101,114-116H,9,20,31,34-44,48-54H2,1-8H3,(H2,95,117)(H2,96,118)(H2,97,119)(H2,98,120)(H,102,127)(H,103,123)(H,104,125)(H,105,124)(H,106,130)(H,107,129)(H,108,121)(H,109,122)(H,110,126)(H,111,128)/t57-,58+,59+,69-,70-,71-,72-,73-,74-,75-,76-,79-,80-,81-/m0/s1. The Morgan fingerprint density at radius 1 is 0.420 bits per heavy atom. The molecule has 0 aromatic heterocycles. The number of aliphatic hydroxyl groups excluding tert-OH is 3. The van der Waals surface area contributed by atoms with Gasteiger partial charge in [0.1, 0.15) is 66.5 Å². The van der Waals surface area contributed by atoms with Gasteiger partial charge in [-0.3, -0.25) is 76.8 Å². The molecule has 131 heavy (non-hydrogen) atoms. The Kier molecular flexibility index (Phi) is 43.0. The number of benzene rings is 6. The third kappa shape index (κ3) is 35.0. The highest BCUT2D eigenvalue weighted by Gasteiger charge is 2.41. The van der Waals surface area contributed by atoms with E-state index in [0.29, 0.717) is 94.0 Å². The van der Waals surface area contributed by atoms with Gasteiger partial charge < -0.3 is 112 Å². The van der Waals surface area contributed by atoms with Crippen LogP contribution in [0.3, 0.4) is 0 Å². The van der Waals surface area contributed by atoms with Crippen molar-refractivity contribution < 1.29 is 87.2 Å². The lowest BCUT2D eigenvalue weighted by Gasteiger charge is -2.31. The van der Waals surface area contributed by atoms with Crippen molar-refractivity contribution in [1.82, 2.24) is 78.9 Å². The van der Waals surface area contributed by atoms with Crippen LogP contribution in [-0.2, 0) is 94.8 Å². The number of nitrogens with two attached hydrogens (primary N) is 4.